The van der Waals surface area contributed by atoms with Gasteiger partial charge in [-0.2, -0.15) is 0 Å². The Morgan fingerprint density at radius 1 is 1.35 bits per heavy atom. The normalized spacial score (nSPS) is 13.1. The number of thiophene rings is 1. The summed E-state index contributed by atoms with van der Waals surface area (Å²) in [6.07, 6.45) is 0.715. The van der Waals surface area contributed by atoms with E-state index in [9.17, 15) is 8.42 Å². The summed E-state index contributed by atoms with van der Waals surface area (Å²) in [5, 5.41) is 0. The predicted molar refractivity (Wildman–Crippen MR) is 84.6 cm³/mol. The molecule has 0 spiro atoms. The minimum absolute atomic E-state index is 0.117. The first-order valence-electron chi connectivity index (χ1n) is 6.59. The first-order valence-corrected chi connectivity index (χ1v) is 8.89. The maximum Gasteiger partial charge on any atom is 0.250 e. The Balaban J connectivity index is 2.69. The van der Waals surface area contributed by atoms with Crippen molar-refractivity contribution in [1.82, 2.24) is 9.62 Å². The van der Waals surface area contributed by atoms with Gasteiger partial charge in [-0.15, -0.1) is 11.3 Å². The van der Waals surface area contributed by atoms with Crippen molar-refractivity contribution in [3.05, 3.63) is 17.0 Å². The van der Waals surface area contributed by atoms with Gasteiger partial charge in [0.05, 0.1) is 0 Å². The van der Waals surface area contributed by atoms with E-state index < -0.39 is 10.0 Å². The number of nitrogens with one attached hydrogen (secondary N) is 1. The Morgan fingerprint density at radius 2 is 2.00 bits per heavy atom. The molecule has 1 aromatic rings. The molecule has 116 valence electrons. The van der Waals surface area contributed by atoms with Gasteiger partial charge < -0.3 is 10.6 Å². The van der Waals surface area contributed by atoms with Crippen molar-refractivity contribution in [2.75, 3.05) is 33.7 Å². The average molecular weight is 319 g/mol. The predicted octanol–water partition coefficient (Wildman–Crippen LogP) is 1.12. The summed E-state index contributed by atoms with van der Waals surface area (Å²) in [4.78, 5) is 3.05. The number of nitrogens with two attached hydrogens (primary N) is 1. The van der Waals surface area contributed by atoms with Crippen LogP contribution in [-0.2, 0) is 16.4 Å². The third kappa shape index (κ3) is 5.49. The molecule has 0 aliphatic heterocycles. The van der Waals surface area contributed by atoms with Crippen LogP contribution in [-0.4, -0.2) is 47.0 Å². The standard InChI is InChI=1S/C13H25N3O2S2/c1-13(2,10-16(3)4)9-15-20(17,18)12-6-5-11(19-12)7-8-14/h5-6,15H,7-10,14H2,1-4H3. The molecule has 0 unspecified atom stereocenters. The second-order valence-corrected chi connectivity index (χ2v) is 9.15. The van der Waals surface area contributed by atoms with Gasteiger partial charge in [0.15, 0.2) is 0 Å². The van der Waals surface area contributed by atoms with Gasteiger partial charge in [-0.3, -0.25) is 0 Å². The van der Waals surface area contributed by atoms with Crippen molar-refractivity contribution in [3.8, 4) is 0 Å². The lowest BCUT2D eigenvalue weighted by atomic mass is 9.93. The van der Waals surface area contributed by atoms with Gasteiger partial charge in [-0.1, -0.05) is 13.8 Å². The zero-order valence-corrected chi connectivity index (χ0v) is 14.3. The highest BCUT2D eigenvalue weighted by Gasteiger charge is 2.24. The summed E-state index contributed by atoms with van der Waals surface area (Å²) in [7, 11) is 0.544. The van der Waals surface area contributed by atoms with Gasteiger partial charge in [0, 0.05) is 18.0 Å². The number of hydrogen-bond donors (Lipinski definition) is 2. The minimum atomic E-state index is -3.42. The highest BCUT2D eigenvalue weighted by atomic mass is 32.2. The summed E-state index contributed by atoms with van der Waals surface area (Å²) >= 11 is 1.29. The molecule has 0 amide bonds. The van der Waals surface area contributed by atoms with E-state index in [4.69, 9.17) is 5.73 Å². The van der Waals surface area contributed by atoms with Crippen LogP contribution in [0.2, 0.25) is 0 Å². The molecule has 0 radical (unpaired) electrons. The van der Waals surface area contributed by atoms with Crippen molar-refractivity contribution in [2.45, 2.75) is 24.5 Å². The monoisotopic (exact) mass is 319 g/mol. The van der Waals surface area contributed by atoms with Crippen LogP contribution in [0, 0.1) is 5.41 Å². The summed E-state index contributed by atoms with van der Waals surface area (Å²) in [5.74, 6) is 0. The van der Waals surface area contributed by atoms with Crippen LogP contribution in [0.25, 0.3) is 0 Å². The van der Waals surface area contributed by atoms with E-state index in [0.29, 0.717) is 23.7 Å². The third-order valence-corrected chi connectivity index (χ3v) is 5.82. The molecular formula is C13H25N3O2S2. The van der Waals surface area contributed by atoms with Crippen LogP contribution in [0.5, 0.6) is 0 Å². The Bertz CT molecular complexity index is 521. The first kappa shape index (κ1) is 17.6. The van der Waals surface area contributed by atoms with Crippen LogP contribution in [0.3, 0.4) is 0 Å². The van der Waals surface area contributed by atoms with E-state index in [1.807, 2.05) is 34.0 Å². The van der Waals surface area contributed by atoms with E-state index in [1.54, 1.807) is 6.07 Å². The molecule has 1 aromatic heterocycles. The van der Waals surface area contributed by atoms with Gasteiger partial charge in [0.25, 0.3) is 0 Å². The zero-order valence-electron chi connectivity index (χ0n) is 12.6. The van der Waals surface area contributed by atoms with E-state index in [-0.39, 0.29) is 5.41 Å². The van der Waals surface area contributed by atoms with Crippen LogP contribution in [0.1, 0.15) is 18.7 Å². The van der Waals surface area contributed by atoms with Crippen LogP contribution in [0.4, 0.5) is 0 Å². The summed E-state index contributed by atoms with van der Waals surface area (Å²) < 4.78 is 27.5. The highest BCUT2D eigenvalue weighted by molar-refractivity contribution is 7.91. The topological polar surface area (TPSA) is 75.4 Å². The lowest BCUT2D eigenvalue weighted by Gasteiger charge is -2.28. The molecule has 0 aliphatic carbocycles. The maximum absolute atomic E-state index is 12.2. The molecule has 0 fully saturated rings. The van der Waals surface area contributed by atoms with Gasteiger partial charge in [-0.05, 0) is 44.6 Å². The number of sulfonamides is 1. The van der Waals surface area contributed by atoms with Crippen molar-refractivity contribution in [2.24, 2.45) is 11.1 Å². The second kappa shape index (κ2) is 7.00. The molecule has 1 rings (SSSR count). The largest absolute Gasteiger partial charge is 0.330 e. The molecular weight excluding hydrogens is 294 g/mol. The Morgan fingerprint density at radius 3 is 2.55 bits per heavy atom. The second-order valence-electron chi connectivity index (χ2n) is 5.99. The van der Waals surface area contributed by atoms with Crippen LogP contribution in [0.15, 0.2) is 16.3 Å². The van der Waals surface area contributed by atoms with Crippen LogP contribution >= 0.6 is 11.3 Å². The van der Waals surface area contributed by atoms with E-state index in [2.05, 4.69) is 9.62 Å². The molecule has 0 atom stereocenters. The van der Waals surface area contributed by atoms with Gasteiger partial charge in [0.2, 0.25) is 10.0 Å². The molecule has 0 aromatic carbocycles. The molecule has 0 aliphatic rings. The molecule has 5 nitrogen and oxygen atoms in total. The third-order valence-electron chi connectivity index (χ3n) is 2.78. The molecule has 0 saturated carbocycles. The van der Waals surface area contributed by atoms with E-state index in [0.717, 1.165) is 11.4 Å². The first-order chi connectivity index (χ1) is 9.16. The smallest absolute Gasteiger partial charge is 0.250 e. The molecule has 7 heteroatoms. The highest BCUT2D eigenvalue weighted by Crippen LogP contribution is 2.23. The van der Waals surface area contributed by atoms with Gasteiger partial charge in [0.1, 0.15) is 4.21 Å². The summed E-state index contributed by atoms with van der Waals surface area (Å²) in [6.45, 7) is 5.85. The fourth-order valence-corrected chi connectivity index (χ4v) is 4.71. The molecule has 3 N–H and O–H groups in total. The molecule has 20 heavy (non-hydrogen) atoms. The molecule has 0 bridgehead atoms. The maximum atomic E-state index is 12.2. The van der Waals surface area contributed by atoms with Crippen molar-refractivity contribution >= 4 is 21.4 Å². The number of rotatable bonds is 8. The van der Waals surface area contributed by atoms with E-state index in [1.165, 1.54) is 11.3 Å². The number of hydrogen-bond acceptors (Lipinski definition) is 5. The fraction of sp³-hybridized carbons (Fsp3) is 0.692. The van der Waals surface area contributed by atoms with Crippen molar-refractivity contribution in [1.29, 1.82) is 0 Å². The minimum Gasteiger partial charge on any atom is -0.330 e. The lowest BCUT2D eigenvalue weighted by molar-refractivity contribution is 0.242. The van der Waals surface area contributed by atoms with Gasteiger partial charge in [-0.25, -0.2) is 13.1 Å². The lowest BCUT2D eigenvalue weighted by Crippen LogP contribution is -2.39. The zero-order chi connectivity index (χ0) is 15.4. The van der Waals surface area contributed by atoms with Crippen molar-refractivity contribution in [3.63, 3.8) is 0 Å². The summed E-state index contributed by atoms with van der Waals surface area (Å²) in [5.41, 5.74) is 5.36. The SMILES string of the molecule is CN(C)CC(C)(C)CNS(=O)(=O)c1ccc(CCN)s1. The van der Waals surface area contributed by atoms with Crippen molar-refractivity contribution < 1.29 is 8.42 Å². The average Bonchev–Trinajstić information content (AvgIpc) is 2.75. The van der Waals surface area contributed by atoms with Crippen LogP contribution < -0.4 is 10.5 Å². The quantitative estimate of drug-likeness (QED) is 0.753. The van der Waals surface area contributed by atoms with Gasteiger partial charge >= 0.3 is 0 Å². The van der Waals surface area contributed by atoms with E-state index >= 15 is 0 Å². The summed E-state index contributed by atoms with van der Waals surface area (Å²) in [6, 6.07) is 3.48. The molecule has 0 saturated heterocycles. The molecule has 1 heterocycles. The fourth-order valence-electron chi connectivity index (χ4n) is 2.05. The Labute approximate surface area is 126 Å². The Hall–Kier alpha value is -0.470. The Kier molecular flexibility index (Phi) is 6.15. The number of nitrogens with zero attached hydrogens (tertiary/aromatic N) is 1.